The molecular weight excluding hydrogens is 386 g/mol. The molecule has 1 N–H and O–H groups in total. The van der Waals surface area contributed by atoms with E-state index in [9.17, 15) is 9.59 Å². The molecule has 0 fully saturated rings. The Hall–Kier alpha value is -3.47. The minimum Gasteiger partial charge on any atom is -0.323 e. The second-order valence-corrected chi connectivity index (χ2v) is 8.14. The van der Waals surface area contributed by atoms with Crippen LogP contribution < -0.4 is 5.32 Å². The lowest BCUT2D eigenvalue weighted by Gasteiger charge is -2.32. The number of aryl methyl sites for hydroxylation is 2. The number of aromatic nitrogens is 1. The number of para-hydroxylation sites is 1. The zero-order chi connectivity index (χ0) is 22.4. The largest absolute Gasteiger partial charge is 0.323 e. The summed E-state index contributed by atoms with van der Waals surface area (Å²) in [6.07, 6.45) is 1.59. The highest BCUT2D eigenvalue weighted by molar-refractivity contribution is 6.01. The van der Waals surface area contributed by atoms with Gasteiger partial charge < -0.3 is 10.2 Å². The molecule has 0 radical (unpaired) electrons. The van der Waals surface area contributed by atoms with E-state index in [0.717, 1.165) is 22.4 Å². The second-order valence-electron chi connectivity index (χ2n) is 8.14. The lowest BCUT2D eigenvalue weighted by atomic mass is 10.0. The zero-order valence-electron chi connectivity index (χ0n) is 18.5. The van der Waals surface area contributed by atoms with E-state index < -0.39 is 6.04 Å². The number of hydrogen-bond donors (Lipinski definition) is 1. The van der Waals surface area contributed by atoms with Crippen molar-refractivity contribution in [2.24, 2.45) is 5.92 Å². The fourth-order valence-electron chi connectivity index (χ4n) is 3.65. The molecule has 1 aromatic heterocycles. The Morgan fingerprint density at radius 3 is 2.13 bits per heavy atom. The highest BCUT2D eigenvalue weighted by atomic mass is 16.2. The van der Waals surface area contributed by atoms with Crippen molar-refractivity contribution in [3.8, 4) is 0 Å². The molecule has 5 nitrogen and oxygen atoms in total. The molecule has 0 bridgehead atoms. The second kappa shape index (κ2) is 10.0. The number of anilines is 1. The van der Waals surface area contributed by atoms with Crippen molar-refractivity contribution in [3.63, 3.8) is 0 Å². The molecule has 0 aliphatic heterocycles. The predicted octanol–water partition coefficient (Wildman–Crippen LogP) is 5.18. The molecule has 0 spiro atoms. The molecule has 0 saturated heterocycles. The van der Waals surface area contributed by atoms with Crippen LogP contribution in [0.4, 0.5) is 5.69 Å². The Kier molecular flexibility index (Phi) is 7.19. The van der Waals surface area contributed by atoms with E-state index in [1.165, 1.54) is 0 Å². The van der Waals surface area contributed by atoms with Gasteiger partial charge in [-0.2, -0.15) is 0 Å². The van der Waals surface area contributed by atoms with E-state index in [0.29, 0.717) is 12.2 Å². The summed E-state index contributed by atoms with van der Waals surface area (Å²) in [4.78, 5) is 33.0. The Morgan fingerprint density at radius 1 is 0.903 bits per heavy atom. The van der Waals surface area contributed by atoms with Gasteiger partial charge in [-0.1, -0.05) is 68.4 Å². The number of rotatable bonds is 7. The monoisotopic (exact) mass is 415 g/mol. The number of nitrogens with one attached hydrogen (secondary N) is 1. The van der Waals surface area contributed by atoms with Gasteiger partial charge in [-0.05, 0) is 48.6 Å². The molecule has 1 heterocycles. The first kappa shape index (κ1) is 22.2. The molecule has 160 valence electrons. The first-order valence-electron chi connectivity index (χ1n) is 10.5. The third-order valence-corrected chi connectivity index (χ3v) is 5.11. The molecule has 2 amide bonds. The van der Waals surface area contributed by atoms with Crippen molar-refractivity contribution in [2.45, 2.75) is 33.7 Å². The summed E-state index contributed by atoms with van der Waals surface area (Å²) in [5, 5.41) is 3.08. The number of pyridine rings is 1. The first-order valence-corrected chi connectivity index (χ1v) is 10.5. The number of carbonyl (C=O) groups is 2. The molecule has 3 rings (SSSR count). The SMILES string of the molecule is Cc1cccc(C)c1NC(=O)[C@H](c1ccccc1)N(CC(C)C)C(=O)c1ccccn1. The van der Waals surface area contributed by atoms with E-state index in [1.807, 2.05) is 76.2 Å². The first-order chi connectivity index (χ1) is 14.9. The number of hydrogen-bond acceptors (Lipinski definition) is 3. The van der Waals surface area contributed by atoms with Crippen molar-refractivity contribution in [1.29, 1.82) is 0 Å². The van der Waals surface area contributed by atoms with Gasteiger partial charge in [0.15, 0.2) is 0 Å². The lowest BCUT2D eigenvalue weighted by molar-refractivity contribution is -0.121. The van der Waals surface area contributed by atoms with E-state index in [-0.39, 0.29) is 17.7 Å². The van der Waals surface area contributed by atoms with Crippen LogP contribution >= 0.6 is 0 Å². The van der Waals surface area contributed by atoms with Crippen LogP contribution in [0.5, 0.6) is 0 Å². The maximum atomic E-state index is 13.7. The minimum atomic E-state index is -0.780. The normalized spacial score (nSPS) is 11.8. The molecule has 0 saturated carbocycles. The maximum absolute atomic E-state index is 13.7. The van der Waals surface area contributed by atoms with Crippen molar-refractivity contribution < 1.29 is 9.59 Å². The van der Waals surface area contributed by atoms with Crippen LogP contribution in [0.2, 0.25) is 0 Å². The standard InChI is InChI=1S/C26H29N3O2/c1-18(2)17-29(26(31)22-15-8-9-16-27-22)24(21-13-6-5-7-14-21)25(30)28-23-19(3)11-10-12-20(23)4/h5-16,18,24H,17H2,1-4H3,(H,28,30)/t24-/m0/s1. The molecule has 0 aliphatic rings. The number of amides is 2. The van der Waals surface area contributed by atoms with Gasteiger partial charge >= 0.3 is 0 Å². The van der Waals surface area contributed by atoms with E-state index >= 15 is 0 Å². The average molecular weight is 416 g/mol. The zero-order valence-corrected chi connectivity index (χ0v) is 18.5. The van der Waals surface area contributed by atoms with Crippen LogP contribution in [-0.4, -0.2) is 28.2 Å². The van der Waals surface area contributed by atoms with Crippen LogP contribution in [0.1, 0.15) is 47.1 Å². The number of nitrogens with zero attached hydrogens (tertiary/aromatic N) is 2. The predicted molar refractivity (Wildman–Crippen MR) is 124 cm³/mol. The van der Waals surface area contributed by atoms with Gasteiger partial charge in [-0.15, -0.1) is 0 Å². The fourth-order valence-corrected chi connectivity index (χ4v) is 3.65. The smallest absolute Gasteiger partial charge is 0.273 e. The van der Waals surface area contributed by atoms with E-state index in [4.69, 9.17) is 0 Å². The Morgan fingerprint density at radius 2 is 1.55 bits per heavy atom. The Labute approximate surface area is 184 Å². The van der Waals surface area contributed by atoms with Gasteiger partial charge in [0.25, 0.3) is 11.8 Å². The average Bonchev–Trinajstić information content (AvgIpc) is 2.76. The fraction of sp³-hybridized carbons (Fsp3) is 0.269. The Bertz CT molecular complexity index is 1010. The maximum Gasteiger partial charge on any atom is 0.273 e. The molecule has 31 heavy (non-hydrogen) atoms. The quantitative estimate of drug-likeness (QED) is 0.579. The van der Waals surface area contributed by atoms with Crippen LogP contribution in [0.3, 0.4) is 0 Å². The summed E-state index contributed by atoms with van der Waals surface area (Å²) in [6, 6.07) is 19.8. The van der Waals surface area contributed by atoms with Gasteiger partial charge in [-0.25, -0.2) is 0 Å². The molecular formula is C26H29N3O2. The van der Waals surface area contributed by atoms with E-state index in [2.05, 4.69) is 10.3 Å². The third-order valence-electron chi connectivity index (χ3n) is 5.11. The summed E-state index contributed by atoms with van der Waals surface area (Å²) < 4.78 is 0. The van der Waals surface area contributed by atoms with Gasteiger partial charge in [0, 0.05) is 18.4 Å². The lowest BCUT2D eigenvalue weighted by Crippen LogP contribution is -2.43. The van der Waals surface area contributed by atoms with Crippen LogP contribution in [0.25, 0.3) is 0 Å². The summed E-state index contributed by atoms with van der Waals surface area (Å²) >= 11 is 0. The minimum absolute atomic E-state index is 0.173. The van der Waals surface area contributed by atoms with Crippen molar-refractivity contribution in [3.05, 3.63) is 95.3 Å². The van der Waals surface area contributed by atoms with Crippen LogP contribution in [0, 0.1) is 19.8 Å². The number of carbonyl (C=O) groups excluding carboxylic acids is 2. The summed E-state index contributed by atoms with van der Waals surface area (Å²) in [7, 11) is 0. The molecule has 2 aromatic carbocycles. The van der Waals surface area contributed by atoms with Gasteiger partial charge in [0.2, 0.25) is 0 Å². The van der Waals surface area contributed by atoms with Crippen LogP contribution in [0.15, 0.2) is 72.9 Å². The molecule has 0 aliphatic carbocycles. The van der Waals surface area contributed by atoms with Gasteiger partial charge in [0.05, 0.1) is 0 Å². The Balaban J connectivity index is 2.05. The molecule has 3 aromatic rings. The van der Waals surface area contributed by atoms with Crippen molar-refractivity contribution >= 4 is 17.5 Å². The van der Waals surface area contributed by atoms with Gasteiger partial charge in [-0.3, -0.25) is 14.6 Å². The van der Waals surface area contributed by atoms with Crippen molar-refractivity contribution in [2.75, 3.05) is 11.9 Å². The van der Waals surface area contributed by atoms with E-state index in [1.54, 1.807) is 29.3 Å². The summed E-state index contributed by atoms with van der Waals surface area (Å²) in [6.45, 7) is 8.42. The summed E-state index contributed by atoms with van der Waals surface area (Å²) in [5.41, 5.74) is 3.82. The summed E-state index contributed by atoms with van der Waals surface area (Å²) in [5.74, 6) is -0.333. The highest BCUT2D eigenvalue weighted by Gasteiger charge is 2.33. The topological polar surface area (TPSA) is 62.3 Å². The molecule has 0 unspecified atom stereocenters. The molecule has 1 atom stereocenters. The van der Waals surface area contributed by atoms with Crippen molar-refractivity contribution in [1.82, 2.24) is 9.88 Å². The van der Waals surface area contributed by atoms with Crippen LogP contribution in [-0.2, 0) is 4.79 Å². The third kappa shape index (κ3) is 5.37. The van der Waals surface area contributed by atoms with Gasteiger partial charge in [0.1, 0.15) is 11.7 Å². The number of benzene rings is 2. The molecule has 5 heteroatoms. The highest BCUT2D eigenvalue weighted by Crippen LogP contribution is 2.27.